The Balaban J connectivity index is 1.16. The molecule has 1 N–H and O–H groups in total. The summed E-state index contributed by atoms with van der Waals surface area (Å²) < 4.78 is 14.6. The van der Waals surface area contributed by atoms with E-state index < -0.39 is 0 Å². The van der Waals surface area contributed by atoms with Crippen LogP contribution >= 0.6 is 0 Å². The minimum absolute atomic E-state index is 0.0175. The second-order valence-electron chi connectivity index (χ2n) is 10.3. The van der Waals surface area contributed by atoms with E-state index in [1.54, 1.807) is 4.52 Å². The minimum atomic E-state index is -0.195. The van der Waals surface area contributed by atoms with Crippen molar-refractivity contribution in [2.75, 3.05) is 32.1 Å². The first kappa shape index (κ1) is 23.8. The number of aryl methyl sites for hydroxylation is 2. The first-order chi connectivity index (χ1) is 17.9. The number of nitrogens with one attached hydrogen (secondary N) is 1. The lowest BCUT2D eigenvalue weighted by atomic mass is 9.99. The number of aromatic nitrogens is 6. The molecule has 2 aliphatic heterocycles. The van der Waals surface area contributed by atoms with Gasteiger partial charge in [0, 0.05) is 12.0 Å². The van der Waals surface area contributed by atoms with E-state index in [-0.39, 0.29) is 24.1 Å². The van der Waals surface area contributed by atoms with Crippen molar-refractivity contribution in [2.45, 2.75) is 57.7 Å². The highest BCUT2D eigenvalue weighted by atomic mass is 16.5. The van der Waals surface area contributed by atoms with E-state index in [0.29, 0.717) is 41.5 Å². The molecule has 0 aliphatic carbocycles. The van der Waals surface area contributed by atoms with E-state index in [1.165, 1.54) is 16.5 Å². The molecule has 5 heterocycles. The Morgan fingerprint density at radius 3 is 2.68 bits per heavy atom. The van der Waals surface area contributed by atoms with Crippen molar-refractivity contribution in [3.63, 3.8) is 0 Å². The standard InChI is InChI=1S/C26H32N8O3/c1-16-4-6-18(7-5-16)21-12-19(14-36-21)24-30-22(37-31-24)13-33-15-27-34-23(25(33)35)17(2)28-26(34)29-20-8-10-32(3)11-9-20/h4-7,15,19-21H,8-14H2,1-3H3,(H,28,29)/t19-,21+/m0/s1. The quantitative estimate of drug-likeness (QED) is 0.423. The number of likely N-dealkylation sites (tertiary alicyclic amines) is 1. The van der Waals surface area contributed by atoms with E-state index in [0.717, 1.165) is 37.9 Å². The Morgan fingerprint density at radius 2 is 1.89 bits per heavy atom. The Hall–Kier alpha value is -3.57. The van der Waals surface area contributed by atoms with Crippen molar-refractivity contribution in [1.82, 2.24) is 34.2 Å². The SMILES string of the molecule is Cc1ccc([C@H]2C[C@H](c3noc(Cn4cnn5c(NC6CCN(C)CC6)nc(C)c5c4=O)n3)CO2)cc1. The molecule has 0 unspecified atom stereocenters. The molecule has 3 aromatic heterocycles. The highest BCUT2D eigenvalue weighted by Crippen LogP contribution is 2.37. The summed E-state index contributed by atoms with van der Waals surface area (Å²) in [7, 11) is 2.13. The molecule has 194 valence electrons. The fourth-order valence-electron chi connectivity index (χ4n) is 5.18. The van der Waals surface area contributed by atoms with E-state index in [9.17, 15) is 4.79 Å². The van der Waals surface area contributed by atoms with Crippen molar-refractivity contribution < 1.29 is 9.26 Å². The Bertz CT molecular complexity index is 1450. The zero-order chi connectivity index (χ0) is 25.5. The summed E-state index contributed by atoms with van der Waals surface area (Å²) in [5, 5.41) is 12.2. The normalized spacial score (nSPS) is 21.2. The van der Waals surface area contributed by atoms with Crippen LogP contribution in [-0.4, -0.2) is 67.0 Å². The lowest BCUT2D eigenvalue weighted by Gasteiger charge is -2.29. The van der Waals surface area contributed by atoms with Crippen molar-refractivity contribution >= 4 is 11.5 Å². The fraction of sp³-hybridized carbons (Fsp3) is 0.500. The van der Waals surface area contributed by atoms with Crippen LogP contribution in [-0.2, 0) is 11.3 Å². The van der Waals surface area contributed by atoms with Gasteiger partial charge >= 0.3 is 0 Å². The van der Waals surface area contributed by atoms with Gasteiger partial charge in [0.05, 0.1) is 18.4 Å². The monoisotopic (exact) mass is 504 g/mol. The highest BCUT2D eigenvalue weighted by molar-refractivity contribution is 5.55. The summed E-state index contributed by atoms with van der Waals surface area (Å²) in [5.74, 6) is 1.63. The van der Waals surface area contributed by atoms with Crippen LogP contribution in [0.15, 0.2) is 39.9 Å². The summed E-state index contributed by atoms with van der Waals surface area (Å²) in [6.45, 7) is 6.65. The number of benzene rings is 1. The number of fused-ring (bicyclic) bond motifs is 1. The molecular weight excluding hydrogens is 472 g/mol. The van der Waals surface area contributed by atoms with Crippen LogP contribution in [0.3, 0.4) is 0 Å². The van der Waals surface area contributed by atoms with Gasteiger partial charge < -0.3 is 19.5 Å². The van der Waals surface area contributed by atoms with Crippen LogP contribution in [0.5, 0.6) is 0 Å². The molecule has 11 heteroatoms. The van der Waals surface area contributed by atoms with Gasteiger partial charge in [0.25, 0.3) is 5.56 Å². The van der Waals surface area contributed by atoms with Crippen molar-refractivity contribution in [2.24, 2.45) is 0 Å². The van der Waals surface area contributed by atoms with Crippen LogP contribution in [0.2, 0.25) is 0 Å². The number of ether oxygens (including phenoxy) is 1. The lowest BCUT2D eigenvalue weighted by Crippen LogP contribution is -2.37. The average molecular weight is 505 g/mol. The van der Waals surface area contributed by atoms with E-state index in [2.05, 4.69) is 68.7 Å². The molecule has 2 aliphatic rings. The Kier molecular flexibility index (Phi) is 6.25. The second-order valence-corrected chi connectivity index (χ2v) is 10.3. The topological polar surface area (TPSA) is 116 Å². The van der Waals surface area contributed by atoms with Crippen LogP contribution in [0, 0.1) is 13.8 Å². The van der Waals surface area contributed by atoms with Gasteiger partial charge in [0.15, 0.2) is 11.3 Å². The van der Waals surface area contributed by atoms with Gasteiger partial charge in [-0.15, -0.1) is 0 Å². The number of anilines is 1. The first-order valence-corrected chi connectivity index (χ1v) is 12.8. The number of nitrogens with zero attached hydrogens (tertiary/aromatic N) is 7. The fourth-order valence-corrected chi connectivity index (χ4v) is 5.18. The van der Waals surface area contributed by atoms with E-state index in [1.807, 2.05) is 6.92 Å². The molecular formula is C26H32N8O3. The Morgan fingerprint density at radius 1 is 1.11 bits per heavy atom. The largest absolute Gasteiger partial charge is 0.373 e. The molecule has 0 bridgehead atoms. The van der Waals surface area contributed by atoms with Crippen molar-refractivity contribution in [3.8, 4) is 0 Å². The molecule has 2 atom stereocenters. The minimum Gasteiger partial charge on any atom is -0.373 e. The number of hydrogen-bond donors (Lipinski definition) is 1. The molecule has 11 nitrogen and oxygen atoms in total. The van der Waals surface area contributed by atoms with E-state index >= 15 is 0 Å². The van der Waals surface area contributed by atoms with Gasteiger partial charge in [-0.25, -0.2) is 4.98 Å². The second kappa shape index (κ2) is 9.71. The third-order valence-corrected chi connectivity index (χ3v) is 7.45. The van der Waals surface area contributed by atoms with Gasteiger partial charge in [0.1, 0.15) is 12.9 Å². The molecule has 0 saturated carbocycles. The van der Waals surface area contributed by atoms with Crippen LogP contribution in [0.1, 0.15) is 59.8 Å². The number of imidazole rings is 1. The van der Waals surface area contributed by atoms with Gasteiger partial charge in [-0.05, 0) is 58.8 Å². The summed E-state index contributed by atoms with van der Waals surface area (Å²) in [6, 6.07) is 8.71. The van der Waals surface area contributed by atoms with Gasteiger partial charge in [-0.2, -0.15) is 14.6 Å². The zero-order valence-electron chi connectivity index (χ0n) is 21.4. The predicted molar refractivity (Wildman–Crippen MR) is 137 cm³/mol. The Labute approximate surface area is 214 Å². The molecule has 2 fully saturated rings. The zero-order valence-corrected chi connectivity index (χ0v) is 21.4. The summed E-state index contributed by atoms with van der Waals surface area (Å²) >= 11 is 0. The van der Waals surface area contributed by atoms with Crippen molar-refractivity contribution in [3.05, 3.63) is 69.5 Å². The highest BCUT2D eigenvalue weighted by Gasteiger charge is 2.31. The molecule has 6 rings (SSSR count). The smallest absolute Gasteiger partial charge is 0.280 e. The molecule has 1 aromatic carbocycles. The molecule has 0 spiro atoms. The van der Waals surface area contributed by atoms with Gasteiger partial charge in [0.2, 0.25) is 11.8 Å². The molecule has 37 heavy (non-hydrogen) atoms. The summed E-state index contributed by atoms with van der Waals surface area (Å²) in [6.07, 6.45) is 4.37. The van der Waals surface area contributed by atoms with Crippen molar-refractivity contribution in [1.29, 1.82) is 0 Å². The van der Waals surface area contributed by atoms with Gasteiger partial charge in [-0.1, -0.05) is 35.0 Å². The molecule has 0 amide bonds. The maximum atomic E-state index is 13.3. The first-order valence-electron chi connectivity index (χ1n) is 12.8. The lowest BCUT2D eigenvalue weighted by molar-refractivity contribution is 0.110. The molecule has 0 radical (unpaired) electrons. The maximum Gasteiger partial charge on any atom is 0.280 e. The van der Waals surface area contributed by atoms with Crippen LogP contribution in [0.4, 0.5) is 5.95 Å². The maximum absolute atomic E-state index is 13.3. The number of piperidine rings is 1. The van der Waals surface area contributed by atoms with Crippen LogP contribution in [0.25, 0.3) is 5.52 Å². The molecule has 2 saturated heterocycles. The van der Waals surface area contributed by atoms with Crippen LogP contribution < -0.4 is 10.9 Å². The number of hydrogen-bond acceptors (Lipinski definition) is 9. The molecule has 4 aromatic rings. The average Bonchev–Trinajstić information content (AvgIpc) is 3.62. The number of rotatable bonds is 6. The summed E-state index contributed by atoms with van der Waals surface area (Å²) in [5.41, 5.74) is 3.27. The predicted octanol–water partition coefficient (Wildman–Crippen LogP) is 2.69. The summed E-state index contributed by atoms with van der Waals surface area (Å²) in [4.78, 5) is 24.8. The third kappa shape index (κ3) is 4.76. The third-order valence-electron chi connectivity index (χ3n) is 7.45. The van der Waals surface area contributed by atoms with Gasteiger partial charge in [-0.3, -0.25) is 9.36 Å². The van der Waals surface area contributed by atoms with E-state index in [4.69, 9.17) is 9.26 Å².